The molecule has 0 aliphatic carbocycles. The van der Waals surface area contributed by atoms with E-state index < -0.39 is 23.3 Å². The van der Waals surface area contributed by atoms with E-state index in [9.17, 15) is 4.79 Å². The van der Waals surface area contributed by atoms with E-state index in [0.29, 0.717) is 13.2 Å². The lowest BCUT2D eigenvalue weighted by Gasteiger charge is -2.21. The predicted molar refractivity (Wildman–Crippen MR) is 129 cm³/mol. The van der Waals surface area contributed by atoms with Crippen LogP contribution < -0.4 is 11.4 Å². The standard InChI is InChI=1S/C25H28FN3O3S/c1-16-3-7-18(8-4-16)13-31-15-20-23(32-14-19-9-5-17(2)6-10-19)22(26)24(33-20)29-12-11-21(27)28-25(29)30/h3-12,20,22-24H,13-15H2,1-2H3,(H2,27,28,30)/t20-,22+,23-,24?/m1/s1. The smallest absolute Gasteiger partial charge is 0.350 e. The number of ether oxygens (including phenoxy) is 2. The third-order valence-electron chi connectivity index (χ3n) is 5.63. The highest BCUT2D eigenvalue weighted by molar-refractivity contribution is 8.00. The van der Waals surface area contributed by atoms with Gasteiger partial charge in [0.2, 0.25) is 0 Å². The van der Waals surface area contributed by atoms with Crippen LogP contribution in [0.15, 0.2) is 65.6 Å². The van der Waals surface area contributed by atoms with Crippen LogP contribution in [0.25, 0.3) is 0 Å². The summed E-state index contributed by atoms with van der Waals surface area (Å²) in [6.07, 6.45) is -0.651. The van der Waals surface area contributed by atoms with Gasteiger partial charge < -0.3 is 15.2 Å². The molecule has 1 saturated heterocycles. The van der Waals surface area contributed by atoms with Gasteiger partial charge in [-0.2, -0.15) is 4.98 Å². The second-order valence-electron chi connectivity index (χ2n) is 8.31. The molecule has 174 valence electrons. The number of halogens is 1. The third-order valence-corrected chi connectivity index (χ3v) is 7.15. The van der Waals surface area contributed by atoms with Crippen LogP contribution in [-0.4, -0.2) is 33.7 Å². The Kier molecular flexibility index (Phi) is 7.47. The highest BCUT2D eigenvalue weighted by Gasteiger charge is 2.47. The van der Waals surface area contributed by atoms with Crippen molar-refractivity contribution >= 4 is 17.6 Å². The van der Waals surface area contributed by atoms with Crippen molar-refractivity contribution in [3.8, 4) is 0 Å². The van der Waals surface area contributed by atoms with Crippen molar-refractivity contribution < 1.29 is 13.9 Å². The molecule has 4 rings (SSSR count). The molecule has 0 bridgehead atoms. The number of hydrogen-bond donors (Lipinski definition) is 1. The number of anilines is 1. The van der Waals surface area contributed by atoms with Crippen LogP contribution in [-0.2, 0) is 22.7 Å². The van der Waals surface area contributed by atoms with Crippen molar-refractivity contribution in [1.82, 2.24) is 9.55 Å². The molecule has 6 nitrogen and oxygen atoms in total. The van der Waals surface area contributed by atoms with Gasteiger partial charge in [0.05, 0.1) is 25.1 Å². The molecule has 3 aromatic rings. The van der Waals surface area contributed by atoms with Crippen molar-refractivity contribution in [3.05, 3.63) is 93.5 Å². The molecular formula is C25H28FN3O3S. The number of nitrogens with zero attached hydrogens (tertiary/aromatic N) is 2. The lowest BCUT2D eigenvalue weighted by Crippen LogP contribution is -2.35. The third kappa shape index (κ3) is 5.82. The van der Waals surface area contributed by atoms with E-state index in [1.54, 1.807) is 0 Å². The Bertz CT molecular complexity index is 1120. The lowest BCUT2D eigenvalue weighted by molar-refractivity contribution is -0.0262. The topological polar surface area (TPSA) is 79.4 Å². The minimum atomic E-state index is -1.41. The van der Waals surface area contributed by atoms with Crippen LogP contribution in [0.5, 0.6) is 0 Å². The quantitative estimate of drug-likeness (QED) is 0.533. The molecule has 4 atom stereocenters. The van der Waals surface area contributed by atoms with Crippen molar-refractivity contribution in [1.29, 1.82) is 0 Å². The molecule has 1 fully saturated rings. The summed E-state index contributed by atoms with van der Waals surface area (Å²) in [4.78, 5) is 16.1. The predicted octanol–water partition coefficient (Wildman–Crippen LogP) is 4.20. The summed E-state index contributed by atoms with van der Waals surface area (Å²) < 4.78 is 28.9. The number of alkyl halides is 1. The Morgan fingerprint density at radius 3 is 2.21 bits per heavy atom. The molecule has 0 radical (unpaired) electrons. The Labute approximate surface area is 196 Å². The van der Waals surface area contributed by atoms with Gasteiger partial charge in [0.15, 0.2) is 6.17 Å². The van der Waals surface area contributed by atoms with Gasteiger partial charge in [-0.15, -0.1) is 11.8 Å². The zero-order valence-electron chi connectivity index (χ0n) is 18.7. The molecule has 2 N–H and O–H groups in total. The normalized spacial score (nSPS) is 22.5. The van der Waals surface area contributed by atoms with Crippen LogP contribution in [0.1, 0.15) is 27.6 Å². The fraction of sp³-hybridized carbons (Fsp3) is 0.360. The zero-order chi connectivity index (χ0) is 23.4. The number of aromatic nitrogens is 2. The molecule has 33 heavy (non-hydrogen) atoms. The minimum absolute atomic E-state index is 0.111. The van der Waals surface area contributed by atoms with Gasteiger partial charge in [0.1, 0.15) is 17.3 Å². The van der Waals surface area contributed by atoms with Crippen LogP contribution in [0.3, 0.4) is 0 Å². The monoisotopic (exact) mass is 469 g/mol. The molecule has 1 aliphatic rings. The van der Waals surface area contributed by atoms with E-state index in [1.165, 1.54) is 34.2 Å². The number of rotatable bonds is 8. The molecule has 1 aliphatic heterocycles. The van der Waals surface area contributed by atoms with Gasteiger partial charge in [-0.3, -0.25) is 4.57 Å². The van der Waals surface area contributed by atoms with Gasteiger partial charge in [0, 0.05) is 6.20 Å². The minimum Gasteiger partial charge on any atom is -0.383 e. The Hall–Kier alpha value is -2.68. The molecule has 0 amide bonds. The van der Waals surface area contributed by atoms with Crippen LogP contribution in [0.4, 0.5) is 10.2 Å². The highest BCUT2D eigenvalue weighted by Crippen LogP contribution is 2.45. The second kappa shape index (κ2) is 10.5. The molecule has 2 aromatic carbocycles. The van der Waals surface area contributed by atoms with Crippen LogP contribution in [0, 0.1) is 13.8 Å². The average molecular weight is 470 g/mol. The molecule has 0 saturated carbocycles. The van der Waals surface area contributed by atoms with E-state index in [-0.39, 0.29) is 17.7 Å². The largest absolute Gasteiger partial charge is 0.383 e. The summed E-state index contributed by atoms with van der Waals surface area (Å²) >= 11 is 1.33. The van der Waals surface area contributed by atoms with E-state index in [0.717, 1.165) is 16.7 Å². The summed E-state index contributed by atoms with van der Waals surface area (Å²) in [6.45, 7) is 5.05. The first-order chi connectivity index (χ1) is 15.9. The number of thioether (sulfide) groups is 1. The Balaban J connectivity index is 1.47. The fourth-order valence-electron chi connectivity index (χ4n) is 3.72. The highest BCUT2D eigenvalue weighted by atomic mass is 32.2. The van der Waals surface area contributed by atoms with Crippen molar-refractivity contribution in [2.45, 2.75) is 50.0 Å². The Morgan fingerprint density at radius 1 is 1.00 bits per heavy atom. The first-order valence-electron chi connectivity index (χ1n) is 10.9. The number of benzene rings is 2. The maximum atomic E-state index is 15.6. The van der Waals surface area contributed by atoms with Gasteiger partial charge in [-0.25, -0.2) is 9.18 Å². The average Bonchev–Trinajstić information content (AvgIpc) is 3.10. The number of aryl methyl sites for hydroxylation is 2. The summed E-state index contributed by atoms with van der Waals surface area (Å²) in [5.41, 5.74) is 9.37. The number of hydrogen-bond acceptors (Lipinski definition) is 6. The molecule has 1 unspecified atom stereocenters. The van der Waals surface area contributed by atoms with Gasteiger partial charge >= 0.3 is 5.69 Å². The molecule has 1 aromatic heterocycles. The number of nitrogens with two attached hydrogens (primary N) is 1. The number of nitrogen functional groups attached to an aromatic ring is 1. The first-order valence-corrected chi connectivity index (χ1v) is 11.8. The molecule has 0 spiro atoms. The van der Waals surface area contributed by atoms with E-state index in [1.807, 2.05) is 62.4 Å². The zero-order valence-corrected chi connectivity index (χ0v) is 19.5. The van der Waals surface area contributed by atoms with Gasteiger partial charge in [0.25, 0.3) is 0 Å². The van der Waals surface area contributed by atoms with Gasteiger partial charge in [-0.1, -0.05) is 59.7 Å². The summed E-state index contributed by atoms with van der Waals surface area (Å²) in [6, 6.07) is 17.5. The van der Waals surface area contributed by atoms with E-state index in [4.69, 9.17) is 15.2 Å². The van der Waals surface area contributed by atoms with Gasteiger partial charge in [-0.05, 0) is 31.0 Å². The first kappa shape index (κ1) is 23.5. The van der Waals surface area contributed by atoms with Crippen molar-refractivity contribution in [2.75, 3.05) is 12.3 Å². The van der Waals surface area contributed by atoms with E-state index >= 15 is 4.39 Å². The Morgan fingerprint density at radius 2 is 1.61 bits per heavy atom. The maximum Gasteiger partial charge on any atom is 0.350 e. The lowest BCUT2D eigenvalue weighted by atomic mass is 10.1. The van der Waals surface area contributed by atoms with Crippen molar-refractivity contribution in [3.63, 3.8) is 0 Å². The SMILES string of the molecule is Cc1ccc(COC[C@H]2SC(n3ccc(N)nc3=O)[C@@H](F)[C@@H]2OCc2ccc(C)cc2)cc1. The summed E-state index contributed by atoms with van der Waals surface area (Å²) in [5, 5.41) is -1.05. The molecular weight excluding hydrogens is 441 g/mol. The fourth-order valence-corrected chi connectivity index (χ4v) is 5.24. The molecule has 8 heteroatoms. The van der Waals surface area contributed by atoms with Crippen LogP contribution >= 0.6 is 11.8 Å². The van der Waals surface area contributed by atoms with Crippen molar-refractivity contribution in [2.24, 2.45) is 0 Å². The summed E-state index contributed by atoms with van der Waals surface area (Å²) in [5.74, 6) is 0.111. The van der Waals surface area contributed by atoms with E-state index in [2.05, 4.69) is 4.98 Å². The van der Waals surface area contributed by atoms with Crippen LogP contribution in [0.2, 0.25) is 0 Å². The molecule has 2 heterocycles. The maximum absolute atomic E-state index is 15.6. The summed E-state index contributed by atoms with van der Waals surface area (Å²) in [7, 11) is 0. The second-order valence-corrected chi connectivity index (χ2v) is 9.67.